The van der Waals surface area contributed by atoms with Gasteiger partial charge in [-0.25, -0.2) is 0 Å². The second-order valence-corrected chi connectivity index (χ2v) is 7.97. The van der Waals surface area contributed by atoms with Gasteiger partial charge in [0.1, 0.15) is 12.4 Å². The number of ether oxygens (including phenoxy) is 1. The highest BCUT2D eigenvalue weighted by Gasteiger charge is 2.16. The number of aromatic amines is 1. The van der Waals surface area contributed by atoms with E-state index >= 15 is 0 Å². The average Bonchev–Trinajstić information content (AvgIpc) is 3.15. The highest BCUT2D eigenvalue weighted by atomic mass is 79.9. The molecule has 1 N–H and O–H groups in total. The van der Waals surface area contributed by atoms with Crippen molar-refractivity contribution >= 4 is 28.1 Å². The van der Waals surface area contributed by atoms with Gasteiger partial charge in [-0.3, -0.25) is 9.67 Å². The Balaban J connectivity index is 1.62. The van der Waals surface area contributed by atoms with Crippen LogP contribution in [0.25, 0.3) is 11.4 Å². The van der Waals surface area contributed by atoms with Crippen molar-refractivity contribution < 1.29 is 4.74 Å². The quantitative estimate of drug-likeness (QED) is 0.328. The van der Waals surface area contributed by atoms with Crippen molar-refractivity contribution in [2.75, 3.05) is 0 Å². The second-order valence-electron chi connectivity index (χ2n) is 6.73. The molecule has 1 atom stereocenters. The fourth-order valence-corrected chi connectivity index (χ4v) is 3.96. The lowest BCUT2D eigenvalue weighted by molar-refractivity contribution is 0.304. The van der Waals surface area contributed by atoms with Crippen molar-refractivity contribution in [3.63, 3.8) is 0 Å². The van der Waals surface area contributed by atoms with E-state index in [4.69, 9.17) is 17.0 Å². The van der Waals surface area contributed by atoms with E-state index in [0.29, 0.717) is 11.4 Å². The highest BCUT2D eigenvalue weighted by Crippen LogP contribution is 2.28. The first-order valence-electron chi connectivity index (χ1n) is 9.32. The van der Waals surface area contributed by atoms with Crippen LogP contribution in [-0.2, 0) is 6.61 Å². The predicted molar refractivity (Wildman–Crippen MR) is 122 cm³/mol. The highest BCUT2D eigenvalue weighted by molar-refractivity contribution is 9.10. The van der Waals surface area contributed by atoms with Crippen molar-refractivity contribution in [1.82, 2.24) is 14.8 Å². The maximum Gasteiger partial charge on any atom is 0.196 e. The fraction of sp³-hybridized carbons (Fsp3) is 0.130. The third kappa shape index (κ3) is 4.33. The summed E-state index contributed by atoms with van der Waals surface area (Å²) < 4.78 is 9.56. The number of rotatable bonds is 6. The van der Waals surface area contributed by atoms with E-state index < -0.39 is 0 Å². The molecule has 1 aromatic heterocycles. The fourth-order valence-electron chi connectivity index (χ4n) is 3.27. The average molecular weight is 466 g/mol. The van der Waals surface area contributed by atoms with E-state index in [9.17, 15) is 0 Å². The Hall–Kier alpha value is -2.70. The van der Waals surface area contributed by atoms with E-state index in [-0.39, 0.29) is 6.04 Å². The zero-order valence-corrected chi connectivity index (χ0v) is 18.3. The number of aromatic nitrogens is 3. The molecule has 6 heteroatoms. The van der Waals surface area contributed by atoms with Crippen molar-refractivity contribution in [1.29, 1.82) is 0 Å². The predicted octanol–water partition coefficient (Wildman–Crippen LogP) is 6.56. The van der Waals surface area contributed by atoms with E-state index in [0.717, 1.165) is 27.2 Å². The van der Waals surface area contributed by atoms with Gasteiger partial charge in [0.15, 0.2) is 10.6 Å². The summed E-state index contributed by atoms with van der Waals surface area (Å²) in [5.41, 5.74) is 3.24. The number of benzene rings is 3. The molecule has 0 aliphatic carbocycles. The number of H-pyrrole nitrogens is 1. The molecule has 3 aromatic carbocycles. The molecule has 0 unspecified atom stereocenters. The molecule has 0 aliphatic heterocycles. The molecule has 0 saturated heterocycles. The van der Waals surface area contributed by atoms with Crippen LogP contribution in [0, 0.1) is 4.77 Å². The Labute approximate surface area is 183 Å². The lowest BCUT2D eigenvalue weighted by atomic mass is 10.1. The Kier molecular flexibility index (Phi) is 5.92. The van der Waals surface area contributed by atoms with Crippen LogP contribution in [0.15, 0.2) is 83.3 Å². The van der Waals surface area contributed by atoms with E-state index in [2.05, 4.69) is 55.8 Å². The molecule has 4 rings (SSSR count). The van der Waals surface area contributed by atoms with Gasteiger partial charge in [0.05, 0.1) is 10.5 Å². The van der Waals surface area contributed by atoms with Gasteiger partial charge in [-0.2, -0.15) is 5.10 Å². The molecule has 0 amide bonds. The molecule has 4 nitrogen and oxygen atoms in total. The van der Waals surface area contributed by atoms with Crippen molar-refractivity contribution in [2.45, 2.75) is 19.6 Å². The monoisotopic (exact) mass is 465 g/mol. The summed E-state index contributed by atoms with van der Waals surface area (Å²) in [6, 6.07) is 26.4. The number of para-hydroxylation sites is 1. The molecule has 0 saturated carbocycles. The lowest BCUT2D eigenvalue weighted by Gasteiger charge is -2.16. The van der Waals surface area contributed by atoms with Crippen LogP contribution < -0.4 is 4.74 Å². The van der Waals surface area contributed by atoms with Gasteiger partial charge in [0.2, 0.25) is 0 Å². The van der Waals surface area contributed by atoms with Crippen LogP contribution in [0.3, 0.4) is 0 Å². The van der Waals surface area contributed by atoms with Gasteiger partial charge < -0.3 is 4.74 Å². The van der Waals surface area contributed by atoms with E-state index in [1.165, 1.54) is 5.56 Å². The Morgan fingerprint density at radius 1 is 1.03 bits per heavy atom. The maximum absolute atomic E-state index is 5.96. The molecule has 0 bridgehead atoms. The molecule has 0 spiro atoms. The molecule has 0 aliphatic rings. The summed E-state index contributed by atoms with van der Waals surface area (Å²) in [6.45, 7) is 2.60. The van der Waals surface area contributed by atoms with Crippen LogP contribution in [0.5, 0.6) is 5.75 Å². The summed E-state index contributed by atoms with van der Waals surface area (Å²) in [5.74, 6) is 1.63. The third-order valence-electron chi connectivity index (χ3n) is 4.79. The molecule has 29 heavy (non-hydrogen) atoms. The number of hydrogen-bond donors (Lipinski definition) is 1. The Morgan fingerprint density at radius 2 is 1.79 bits per heavy atom. The minimum absolute atomic E-state index is 0.0673. The van der Waals surface area contributed by atoms with Crippen molar-refractivity contribution in [3.8, 4) is 17.1 Å². The van der Waals surface area contributed by atoms with Gasteiger partial charge in [-0.05, 0) is 64.4 Å². The van der Waals surface area contributed by atoms with Gasteiger partial charge in [0.25, 0.3) is 0 Å². The molecular weight excluding hydrogens is 446 g/mol. The number of hydrogen-bond acceptors (Lipinski definition) is 3. The van der Waals surface area contributed by atoms with Crippen LogP contribution >= 0.6 is 28.1 Å². The molecule has 146 valence electrons. The van der Waals surface area contributed by atoms with Crippen LogP contribution in [0.1, 0.15) is 24.1 Å². The zero-order chi connectivity index (χ0) is 20.2. The van der Waals surface area contributed by atoms with Crippen molar-refractivity contribution in [3.05, 3.63) is 99.2 Å². The largest absolute Gasteiger partial charge is 0.488 e. The molecular formula is C23H20BrN3OS. The van der Waals surface area contributed by atoms with Crippen LogP contribution in [0.2, 0.25) is 0 Å². The third-order valence-corrected chi connectivity index (χ3v) is 5.73. The first-order valence-corrected chi connectivity index (χ1v) is 10.5. The maximum atomic E-state index is 5.96. The summed E-state index contributed by atoms with van der Waals surface area (Å²) in [5, 5.41) is 7.45. The Bertz CT molecular complexity index is 1170. The SMILES string of the molecule is C[C@@H](c1ccccc1)n1c(-c2cccc(COc3ccccc3Br)c2)n[nH]c1=S. The summed E-state index contributed by atoms with van der Waals surface area (Å²) >= 11 is 9.04. The van der Waals surface area contributed by atoms with Gasteiger partial charge in [-0.15, -0.1) is 0 Å². The molecule has 1 heterocycles. The molecule has 0 fully saturated rings. The lowest BCUT2D eigenvalue weighted by Crippen LogP contribution is -2.09. The van der Waals surface area contributed by atoms with Crippen LogP contribution in [-0.4, -0.2) is 14.8 Å². The van der Waals surface area contributed by atoms with Gasteiger partial charge in [-0.1, -0.05) is 60.7 Å². The van der Waals surface area contributed by atoms with E-state index in [1.54, 1.807) is 0 Å². The normalized spacial score (nSPS) is 11.9. The van der Waals surface area contributed by atoms with E-state index in [1.807, 2.05) is 60.7 Å². The van der Waals surface area contributed by atoms with Gasteiger partial charge in [0, 0.05) is 5.56 Å². The topological polar surface area (TPSA) is 42.8 Å². The summed E-state index contributed by atoms with van der Waals surface area (Å²) in [4.78, 5) is 0. The molecule has 0 radical (unpaired) electrons. The Morgan fingerprint density at radius 3 is 2.59 bits per heavy atom. The van der Waals surface area contributed by atoms with Crippen molar-refractivity contribution in [2.24, 2.45) is 0 Å². The number of nitrogens with one attached hydrogen (secondary N) is 1. The second kappa shape index (κ2) is 8.76. The van der Waals surface area contributed by atoms with Gasteiger partial charge >= 0.3 is 0 Å². The number of halogens is 1. The number of nitrogens with zero attached hydrogens (tertiary/aromatic N) is 2. The minimum Gasteiger partial charge on any atom is -0.488 e. The molecule has 4 aromatic rings. The smallest absolute Gasteiger partial charge is 0.196 e. The minimum atomic E-state index is 0.0673. The van der Waals surface area contributed by atoms with Crippen LogP contribution in [0.4, 0.5) is 0 Å². The summed E-state index contributed by atoms with van der Waals surface area (Å²) in [6.07, 6.45) is 0. The summed E-state index contributed by atoms with van der Waals surface area (Å²) in [7, 11) is 0. The standard InChI is InChI=1S/C23H20BrN3OS/c1-16(18-9-3-2-4-10-18)27-22(25-26-23(27)29)19-11-7-8-17(14-19)15-28-21-13-6-5-12-20(21)24/h2-14,16H,15H2,1H3,(H,26,29)/t16-/m0/s1. The zero-order valence-electron chi connectivity index (χ0n) is 15.9. The first kappa shape index (κ1) is 19.6. The first-order chi connectivity index (χ1) is 14.1.